The van der Waals surface area contributed by atoms with Gasteiger partial charge < -0.3 is 4.90 Å². The van der Waals surface area contributed by atoms with Gasteiger partial charge >= 0.3 is 0 Å². The number of aromatic nitrogens is 2. The first kappa shape index (κ1) is 25.1. The molecule has 2 aromatic carbocycles. The van der Waals surface area contributed by atoms with Crippen LogP contribution < -0.4 is 5.56 Å². The smallest absolute Gasteiger partial charge is 0.275 e. The van der Waals surface area contributed by atoms with Crippen molar-refractivity contribution in [1.29, 1.82) is 0 Å². The van der Waals surface area contributed by atoms with E-state index in [1.54, 1.807) is 29.2 Å². The summed E-state index contributed by atoms with van der Waals surface area (Å²) in [4.78, 5) is 28.3. The summed E-state index contributed by atoms with van der Waals surface area (Å²) in [6.45, 7) is 12.1. The third-order valence-corrected chi connectivity index (χ3v) is 9.11. The van der Waals surface area contributed by atoms with E-state index in [-0.39, 0.29) is 49.4 Å². The van der Waals surface area contributed by atoms with Crippen LogP contribution in [-0.2, 0) is 10.0 Å². The lowest BCUT2D eigenvalue weighted by Crippen LogP contribution is -2.51. The van der Waals surface area contributed by atoms with Crippen LogP contribution in [0.2, 0.25) is 0 Å². The Balaban J connectivity index is 1.63. The molecular formula is C26H32N4O4S. The Labute approximate surface area is 206 Å². The largest absolute Gasteiger partial charge is 0.335 e. The highest BCUT2D eigenvalue weighted by atomic mass is 32.2. The molecule has 0 unspecified atom stereocenters. The van der Waals surface area contributed by atoms with Crippen LogP contribution in [0.4, 0.5) is 0 Å². The molecule has 186 valence electrons. The number of amides is 1. The first-order valence-corrected chi connectivity index (χ1v) is 13.3. The normalized spacial score (nSPS) is 15.2. The van der Waals surface area contributed by atoms with Gasteiger partial charge in [-0.25, -0.2) is 13.1 Å². The van der Waals surface area contributed by atoms with Crippen molar-refractivity contribution in [3.05, 3.63) is 68.6 Å². The number of aryl methyl sites for hydroxylation is 2. The molecule has 35 heavy (non-hydrogen) atoms. The number of fused-ring (bicyclic) bond motifs is 1. The van der Waals surface area contributed by atoms with Crippen LogP contribution in [0.3, 0.4) is 0 Å². The van der Waals surface area contributed by atoms with E-state index in [2.05, 4.69) is 5.10 Å². The second kappa shape index (κ2) is 9.20. The third kappa shape index (κ3) is 4.27. The van der Waals surface area contributed by atoms with Crippen molar-refractivity contribution in [2.45, 2.75) is 52.5 Å². The van der Waals surface area contributed by atoms with Crippen LogP contribution in [-0.4, -0.2) is 59.5 Å². The number of carbonyl (C=O) groups is 1. The molecule has 9 heteroatoms. The fraction of sp³-hybridized carbons (Fsp3) is 0.423. The minimum absolute atomic E-state index is 0.196. The third-order valence-electron chi connectivity index (χ3n) is 6.94. The maximum Gasteiger partial charge on any atom is 0.275 e. The molecule has 0 N–H and O–H groups in total. The number of hydrogen-bond acceptors (Lipinski definition) is 5. The molecule has 8 nitrogen and oxygen atoms in total. The lowest BCUT2D eigenvalue weighted by Gasteiger charge is -2.34. The molecule has 1 saturated heterocycles. The minimum atomic E-state index is -3.71. The molecule has 0 radical (unpaired) electrons. The van der Waals surface area contributed by atoms with Crippen LogP contribution in [0.5, 0.6) is 0 Å². The summed E-state index contributed by atoms with van der Waals surface area (Å²) in [6, 6.07) is 8.78. The van der Waals surface area contributed by atoms with Crippen molar-refractivity contribution in [2.75, 3.05) is 26.2 Å². The summed E-state index contributed by atoms with van der Waals surface area (Å²) in [5.41, 5.74) is 3.39. The standard InChI is InChI=1S/C26H32N4O4S/c1-16(2)30-25(31)22-10-8-7-9-21(22)23(27-30)26(32)28-11-13-29(14-12-28)35(33,34)24-19(5)17(3)15-18(4)20(24)6/h7-10,15-16H,11-14H2,1-6H3. The summed E-state index contributed by atoms with van der Waals surface area (Å²) in [6.07, 6.45) is 0. The van der Waals surface area contributed by atoms with E-state index in [9.17, 15) is 18.0 Å². The second-order valence-corrected chi connectivity index (χ2v) is 11.4. The molecule has 0 saturated carbocycles. The number of nitrogens with zero attached hydrogens (tertiary/aromatic N) is 4. The van der Waals surface area contributed by atoms with Crippen molar-refractivity contribution in [2.24, 2.45) is 0 Å². The Morgan fingerprint density at radius 2 is 1.46 bits per heavy atom. The fourth-order valence-electron chi connectivity index (χ4n) is 4.69. The Bertz CT molecular complexity index is 1460. The van der Waals surface area contributed by atoms with Gasteiger partial charge in [0.25, 0.3) is 11.5 Å². The zero-order chi connectivity index (χ0) is 25.7. The van der Waals surface area contributed by atoms with Gasteiger partial charge in [-0.2, -0.15) is 9.40 Å². The van der Waals surface area contributed by atoms with Gasteiger partial charge in [0.05, 0.1) is 16.3 Å². The predicted molar refractivity (Wildman–Crippen MR) is 136 cm³/mol. The van der Waals surface area contributed by atoms with Crippen LogP contribution in [0, 0.1) is 27.7 Å². The molecule has 0 spiro atoms. The SMILES string of the molecule is Cc1cc(C)c(C)c(S(=O)(=O)N2CCN(C(=O)c3nn(C(C)C)c(=O)c4ccccc34)CC2)c1C. The molecule has 4 rings (SSSR count). The monoisotopic (exact) mass is 496 g/mol. The first-order valence-electron chi connectivity index (χ1n) is 11.8. The summed E-state index contributed by atoms with van der Waals surface area (Å²) in [5.74, 6) is -0.300. The van der Waals surface area contributed by atoms with E-state index in [1.165, 1.54) is 8.99 Å². The van der Waals surface area contributed by atoms with E-state index in [0.717, 1.165) is 22.3 Å². The van der Waals surface area contributed by atoms with Gasteiger partial charge in [0.15, 0.2) is 5.69 Å². The van der Waals surface area contributed by atoms with E-state index in [4.69, 9.17) is 0 Å². The van der Waals surface area contributed by atoms with Gasteiger partial charge in [0.2, 0.25) is 10.0 Å². The van der Waals surface area contributed by atoms with E-state index >= 15 is 0 Å². The highest BCUT2D eigenvalue weighted by Crippen LogP contribution is 2.29. The molecule has 1 aliphatic heterocycles. The number of carbonyl (C=O) groups excluding carboxylic acids is 1. The van der Waals surface area contributed by atoms with Gasteiger partial charge in [0, 0.05) is 31.6 Å². The zero-order valence-corrected chi connectivity index (χ0v) is 21.9. The number of hydrogen-bond donors (Lipinski definition) is 0. The van der Waals surface area contributed by atoms with E-state index < -0.39 is 10.0 Å². The van der Waals surface area contributed by atoms with Gasteiger partial charge in [-0.1, -0.05) is 24.3 Å². The van der Waals surface area contributed by atoms with Crippen molar-refractivity contribution in [3.8, 4) is 0 Å². The zero-order valence-electron chi connectivity index (χ0n) is 21.1. The van der Waals surface area contributed by atoms with Gasteiger partial charge in [-0.3, -0.25) is 9.59 Å². The number of piperazine rings is 1. The predicted octanol–water partition coefficient (Wildman–Crippen LogP) is 3.36. The van der Waals surface area contributed by atoms with Crippen molar-refractivity contribution < 1.29 is 13.2 Å². The molecule has 2 heterocycles. The quantitative estimate of drug-likeness (QED) is 0.552. The topological polar surface area (TPSA) is 92.6 Å². The van der Waals surface area contributed by atoms with Gasteiger partial charge in [0.1, 0.15) is 0 Å². The summed E-state index contributed by atoms with van der Waals surface area (Å²) >= 11 is 0. The van der Waals surface area contributed by atoms with Gasteiger partial charge in [-0.15, -0.1) is 0 Å². The molecule has 1 fully saturated rings. The van der Waals surface area contributed by atoms with Crippen LogP contribution in [0.15, 0.2) is 40.0 Å². The molecule has 1 amide bonds. The Morgan fingerprint density at radius 3 is 2.00 bits per heavy atom. The highest BCUT2D eigenvalue weighted by Gasteiger charge is 2.34. The van der Waals surface area contributed by atoms with Crippen molar-refractivity contribution >= 4 is 26.7 Å². The number of sulfonamides is 1. The molecule has 0 bridgehead atoms. The Morgan fingerprint density at radius 1 is 0.914 bits per heavy atom. The van der Waals surface area contributed by atoms with E-state index in [0.29, 0.717) is 15.7 Å². The lowest BCUT2D eigenvalue weighted by molar-refractivity contribution is 0.0691. The Hall–Kier alpha value is -3.04. The fourth-order valence-corrected chi connectivity index (χ4v) is 6.69. The molecular weight excluding hydrogens is 464 g/mol. The minimum Gasteiger partial charge on any atom is -0.335 e. The lowest BCUT2D eigenvalue weighted by atomic mass is 10.0. The van der Waals surface area contributed by atoms with Crippen molar-refractivity contribution in [1.82, 2.24) is 19.0 Å². The molecule has 0 aliphatic carbocycles. The van der Waals surface area contributed by atoms with E-state index in [1.807, 2.05) is 47.6 Å². The van der Waals surface area contributed by atoms with Crippen LogP contribution in [0.1, 0.15) is 52.6 Å². The highest BCUT2D eigenvalue weighted by molar-refractivity contribution is 7.89. The molecule has 1 aliphatic rings. The van der Waals surface area contributed by atoms with Crippen LogP contribution in [0.25, 0.3) is 10.8 Å². The summed E-state index contributed by atoms with van der Waals surface area (Å²) in [7, 11) is -3.71. The average molecular weight is 497 g/mol. The van der Waals surface area contributed by atoms with Gasteiger partial charge in [-0.05, 0) is 69.9 Å². The number of benzene rings is 2. The maximum atomic E-state index is 13.6. The average Bonchev–Trinajstić information content (AvgIpc) is 2.82. The molecule has 1 aromatic heterocycles. The molecule has 0 atom stereocenters. The van der Waals surface area contributed by atoms with Crippen LogP contribution >= 0.6 is 0 Å². The maximum absolute atomic E-state index is 13.6. The number of rotatable bonds is 4. The second-order valence-electron chi connectivity index (χ2n) is 9.52. The molecule has 3 aromatic rings. The summed E-state index contributed by atoms with van der Waals surface area (Å²) < 4.78 is 30.0. The van der Waals surface area contributed by atoms with Crippen molar-refractivity contribution in [3.63, 3.8) is 0 Å². The summed E-state index contributed by atoms with van der Waals surface area (Å²) in [5, 5.41) is 5.37. The first-order chi connectivity index (χ1) is 16.4. The Kier molecular flexibility index (Phi) is 6.59.